The second-order valence-electron chi connectivity index (χ2n) is 8.99. The normalized spacial score (nSPS) is 18.6. The van der Waals surface area contributed by atoms with Crippen molar-refractivity contribution in [2.24, 2.45) is 11.3 Å². The number of nitrogens with zero attached hydrogens (tertiary/aromatic N) is 4. The van der Waals surface area contributed by atoms with Gasteiger partial charge in [-0.2, -0.15) is 11.8 Å². The SMILES string of the molecule is CC(C)(C)SCCOCCn1cc(CN2C(=O)CC(C(C)(C)C)C2=O)nn1. The molecule has 0 spiro atoms. The van der Waals surface area contributed by atoms with Crippen LogP contribution in [0.1, 0.15) is 53.7 Å². The molecule has 0 aliphatic carbocycles. The molecule has 1 aromatic heterocycles. The summed E-state index contributed by atoms with van der Waals surface area (Å²) >= 11 is 1.87. The van der Waals surface area contributed by atoms with E-state index in [1.54, 1.807) is 10.9 Å². The fourth-order valence-corrected chi connectivity index (χ4v) is 3.69. The Morgan fingerprint density at radius 1 is 1.19 bits per heavy atom. The number of thioether (sulfide) groups is 1. The van der Waals surface area contributed by atoms with Gasteiger partial charge in [-0.3, -0.25) is 14.5 Å². The number of carbonyl (C=O) groups is 2. The number of hydrogen-bond donors (Lipinski definition) is 0. The fourth-order valence-electron chi connectivity index (χ4n) is 2.88. The lowest BCUT2D eigenvalue weighted by molar-refractivity contribution is -0.141. The summed E-state index contributed by atoms with van der Waals surface area (Å²) in [5.74, 6) is 0.454. The maximum atomic E-state index is 12.5. The molecule has 1 fully saturated rings. The molecular weight excluding hydrogens is 364 g/mol. The summed E-state index contributed by atoms with van der Waals surface area (Å²) in [4.78, 5) is 26.1. The molecule has 2 rings (SSSR count). The summed E-state index contributed by atoms with van der Waals surface area (Å²) in [6, 6.07) is 0. The first-order valence-corrected chi connectivity index (χ1v) is 10.4. The van der Waals surface area contributed by atoms with Crippen molar-refractivity contribution in [1.29, 1.82) is 0 Å². The summed E-state index contributed by atoms with van der Waals surface area (Å²) in [6.45, 7) is 14.6. The minimum Gasteiger partial charge on any atom is -0.379 e. The second kappa shape index (κ2) is 8.73. The van der Waals surface area contributed by atoms with Gasteiger partial charge in [0.25, 0.3) is 0 Å². The van der Waals surface area contributed by atoms with E-state index in [1.807, 2.05) is 32.5 Å². The standard InChI is InChI=1S/C19H32N4O3S/c1-18(2,3)15-11-16(24)23(17(15)25)13-14-12-22(21-20-14)7-8-26-9-10-27-19(4,5)6/h12,15H,7-11,13H2,1-6H3. The highest BCUT2D eigenvalue weighted by atomic mass is 32.2. The number of aromatic nitrogens is 3. The summed E-state index contributed by atoms with van der Waals surface area (Å²) in [7, 11) is 0. The highest BCUT2D eigenvalue weighted by Crippen LogP contribution is 2.35. The molecular formula is C19H32N4O3S. The van der Waals surface area contributed by atoms with Crippen molar-refractivity contribution in [3.05, 3.63) is 11.9 Å². The first-order chi connectivity index (χ1) is 12.5. The molecule has 27 heavy (non-hydrogen) atoms. The molecule has 2 heterocycles. The molecule has 0 aromatic carbocycles. The van der Waals surface area contributed by atoms with Gasteiger partial charge < -0.3 is 4.74 Å². The molecule has 1 aromatic rings. The van der Waals surface area contributed by atoms with Crippen LogP contribution in [-0.4, -0.2) is 55.4 Å². The Labute approximate surface area is 166 Å². The molecule has 1 saturated heterocycles. The third-order valence-corrected chi connectivity index (χ3v) is 5.66. The molecule has 0 bridgehead atoms. The summed E-state index contributed by atoms with van der Waals surface area (Å²) in [5.41, 5.74) is 0.399. The quantitative estimate of drug-likeness (QED) is 0.497. The van der Waals surface area contributed by atoms with Crippen LogP contribution in [0, 0.1) is 11.3 Å². The summed E-state index contributed by atoms with van der Waals surface area (Å²) in [5, 5.41) is 8.16. The van der Waals surface area contributed by atoms with Crippen molar-refractivity contribution in [2.75, 3.05) is 19.0 Å². The Balaban J connectivity index is 1.77. The Hall–Kier alpha value is -1.41. The maximum absolute atomic E-state index is 12.5. The summed E-state index contributed by atoms with van der Waals surface area (Å²) in [6.07, 6.45) is 2.05. The molecule has 8 heteroatoms. The van der Waals surface area contributed by atoms with Crippen LogP contribution in [0.15, 0.2) is 6.20 Å². The molecule has 2 amide bonds. The van der Waals surface area contributed by atoms with Gasteiger partial charge in [0.1, 0.15) is 5.69 Å². The zero-order valence-electron chi connectivity index (χ0n) is 17.3. The van der Waals surface area contributed by atoms with Gasteiger partial charge in [0, 0.05) is 16.9 Å². The van der Waals surface area contributed by atoms with Crippen LogP contribution in [0.4, 0.5) is 0 Å². The maximum Gasteiger partial charge on any atom is 0.233 e. The monoisotopic (exact) mass is 396 g/mol. The average molecular weight is 397 g/mol. The van der Waals surface area contributed by atoms with Gasteiger partial charge in [-0.05, 0) is 5.41 Å². The smallest absolute Gasteiger partial charge is 0.233 e. The predicted molar refractivity (Wildman–Crippen MR) is 106 cm³/mol. The molecule has 1 unspecified atom stereocenters. The molecule has 7 nitrogen and oxygen atoms in total. The highest BCUT2D eigenvalue weighted by Gasteiger charge is 2.44. The van der Waals surface area contributed by atoms with Crippen LogP contribution in [0.25, 0.3) is 0 Å². The molecule has 0 radical (unpaired) electrons. The van der Waals surface area contributed by atoms with E-state index < -0.39 is 0 Å². The van der Waals surface area contributed by atoms with Gasteiger partial charge in [-0.25, -0.2) is 4.68 Å². The Morgan fingerprint density at radius 3 is 2.48 bits per heavy atom. The summed E-state index contributed by atoms with van der Waals surface area (Å²) < 4.78 is 7.58. The van der Waals surface area contributed by atoms with Crippen molar-refractivity contribution < 1.29 is 14.3 Å². The van der Waals surface area contributed by atoms with E-state index in [4.69, 9.17) is 4.74 Å². The van der Waals surface area contributed by atoms with Crippen LogP contribution in [0.3, 0.4) is 0 Å². The topological polar surface area (TPSA) is 77.3 Å². The number of hydrogen-bond acceptors (Lipinski definition) is 6. The third kappa shape index (κ3) is 6.60. The highest BCUT2D eigenvalue weighted by molar-refractivity contribution is 8.00. The van der Waals surface area contributed by atoms with Gasteiger partial charge >= 0.3 is 0 Å². The van der Waals surface area contributed by atoms with Crippen molar-refractivity contribution in [1.82, 2.24) is 19.9 Å². The number of amides is 2. The van der Waals surface area contributed by atoms with Gasteiger partial charge in [0.15, 0.2) is 0 Å². The van der Waals surface area contributed by atoms with Gasteiger partial charge in [0.05, 0.1) is 38.4 Å². The molecule has 1 aliphatic heterocycles. The van der Waals surface area contributed by atoms with Crippen LogP contribution >= 0.6 is 11.8 Å². The van der Waals surface area contributed by atoms with Crippen LogP contribution in [0.5, 0.6) is 0 Å². The number of ether oxygens (including phenoxy) is 1. The van der Waals surface area contributed by atoms with Crippen LogP contribution in [-0.2, 0) is 27.4 Å². The molecule has 152 valence electrons. The number of carbonyl (C=O) groups excluding carboxylic acids is 2. The largest absolute Gasteiger partial charge is 0.379 e. The van der Waals surface area contributed by atoms with Gasteiger partial charge in [-0.1, -0.05) is 46.8 Å². The van der Waals surface area contributed by atoms with Crippen molar-refractivity contribution in [2.45, 2.75) is 65.8 Å². The average Bonchev–Trinajstić information content (AvgIpc) is 3.09. The zero-order valence-corrected chi connectivity index (χ0v) is 18.1. The molecule has 1 atom stereocenters. The van der Waals surface area contributed by atoms with Crippen molar-refractivity contribution in [3.8, 4) is 0 Å². The van der Waals surface area contributed by atoms with E-state index >= 15 is 0 Å². The van der Waals surface area contributed by atoms with Crippen molar-refractivity contribution in [3.63, 3.8) is 0 Å². The van der Waals surface area contributed by atoms with E-state index in [-0.39, 0.29) is 40.9 Å². The minimum absolute atomic E-state index is 0.110. The molecule has 0 saturated carbocycles. The van der Waals surface area contributed by atoms with E-state index in [2.05, 4.69) is 31.1 Å². The van der Waals surface area contributed by atoms with E-state index in [0.717, 1.165) is 5.75 Å². The minimum atomic E-state index is -0.264. The number of likely N-dealkylation sites (tertiary alicyclic amines) is 1. The predicted octanol–water partition coefficient (Wildman–Crippen LogP) is 2.75. The molecule has 0 N–H and O–H groups in total. The zero-order chi connectivity index (χ0) is 20.2. The lowest BCUT2D eigenvalue weighted by Gasteiger charge is -2.24. The third-order valence-electron chi connectivity index (χ3n) is 4.42. The van der Waals surface area contributed by atoms with Gasteiger partial charge in [-0.15, -0.1) is 5.10 Å². The first kappa shape index (κ1) is 21.9. The Morgan fingerprint density at radius 2 is 1.89 bits per heavy atom. The van der Waals surface area contributed by atoms with E-state index in [0.29, 0.717) is 25.5 Å². The first-order valence-electron chi connectivity index (χ1n) is 9.42. The van der Waals surface area contributed by atoms with Crippen LogP contribution in [0.2, 0.25) is 0 Å². The lowest BCUT2D eigenvalue weighted by Crippen LogP contribution is -2.33. The molecule has 1 aliphatic rings. The van der Waals surface area contributed by atoms with Gasteiger partial charge in [0.2, 0.25) is 11.8 Å². The number of rotatable bonds is 8. The second-order valence-corrected chi connectivity index (χ2v) is 10.9. The number of imide groups is 1. The van der Waals surface area contributed by atoms with E-state index in [1.165, 1.54) is 4.90 Å². The van der Waals surface area contributed by atoms with Crippen molar-refractivity contribution >= 4 is 23.6 Å². The Bertz CT molecular complexity index is 661. The fraction of sp³-hybridized carbons (Fsp3) is 0.789. The Kier molecular flexibility index (Phi) is 7.08. The van der Waals surface area contributed by atoms with E-state index in [9.17, 15) is 9.59 Å². The van der Waals surface area contributed by atoms with Crippen LogP contribution < -0.4 is 0 Å². The lowest BCUT2D eigenvalue weighted by atomic mass is 9.80.